The average molecular weight is 248 g/mol. The maximum Gasteiger partial charge on any atom is 0.385 e. The van der Waals surface area contributed by atoms with E-state index in [1.807, 2.05) is 26.9 Å². The summed E-state index contributed by atoms with van der Waals surface area (Å²) in [7, 11) is -3.89. The zero-order valence-corrected chi connectivity index (χ0v) is 13.0. The van der Waals surface area contributed by atoms with Gasteiger partial charge in [0, 0.05) is 0 Å². The topological polar surface area (TPSA) is 35.5 Å². The van der Waals surface area contributed by atoms with Crippen LogP contribution < -0.4 is 0 Å². The molecule has 1 unspecified atom stereocenters. The molecule has 0 aliphatic heterocycles. The van der Waals surface area contributed by atoms with Crippen molar-refractivity contribution in [3.8, 4) is 0 Å². The molecule has 3 nitrogen and oxygen atoms in total. The summed E-state index contributed by atoms with van der Waals surface area (Å²) >= 11 is 0. The van der Waals surface area contributed by atoms with E-state index in [4.69, 9.17) is 8.54 Å². The van der Waals surface area contributed by atoms with Gasteiger partial charge in [-0.25, -0.2) is 0 Å². The van der Waals surface area contributed by atoms with E-state index in [0.29, 0.717) is 0 Å². The van der Waals surface area contributed by atoms with Gasteiger partial charge in [0.15, 0.2) is 8.32 Å². The third-order valence-electron chi connectivity index (χ3n) is 1.91. The van der Waals surface area contributed by atoms with Crippen LogP contribution in [0, 0.1) is 5.92 Å². The second-order valence-electron chi connectivity index (χ2n) is 5.34. The van der Waals surface area contributed by atoms with Crippen molar-refractivity contribution in [1.29, 1.82) is 0 Å². The van der Waals surface area contributed by atoms with Crippen LogP contribution in [0.1, 0.15) is 20.3 Å². The Balaban J connectivity index is 4.32. The van der Waals surface area contributed by atoms with Gasteiger partial charge in [-0.1, -0.05) is 13.8 Å². The highest BCUT2D eigenvalue weighted by Crippen LogP contribution is 2.17. The van der Waals surface area contributed by atoms with Crippen LogP contribution in [0.2, 0.25) is 32.7 Å². The highest BCUT2D eigenvalue weighted by Gasteiger charge is 2.35. The molecule has 0 spiro atoms. The van der Waals surface area contributed by atoms with Crippen molar-refractivity contribution in [3.05, 3.63) is 0 Å². The number of carbonyl (C=O) groups excluding carboxylic acids is 1. The zero-order chi connectivity index (χ0) is 12.3. The first-order chi connectivity index (χ1) is 6.57. The lowest BCUT2D eigenvalue weighted by molar-refractivity contribution is -0.140. The minimum absolute atomic E-state index is 0.0259. The van der Waals surface area contributed by atoms with Gasteiger partial charge in [0.05, 0.1) is 5.92 Å². The number of hydrogen-bond donors (Lipinski definition) is 0. The largest absolute Gasteiger partial charge is 0.495 e. The molecule has 0 saturated carbocycles. The molecule has 90 valence electrons. The van der Waals surface area contributed by atoms with Crippen LogP contribution >= 0.6 is 0 Å². The Morgan fingerprint density at radius 2 is 1.67 bits per heavy atom. The molecule has 0 N–H and O–H groups in total. The Morgan fingerprint density at radius 1 is 1.20 bits per heavy atom. The first kappa shape index (κ1) is 14.9. The molecule has 15 heavy (non-hydrogen) atoms. The molecule has 0 saturated heterocycles. The predicted molar refractivity (Wildman–Crippen MR) is 67.5 cm³/mol. The molecular weight excluding hydrogens is 224 g/mol. The lowest BCUT2D eigenvalue weighted by atomic mass is 10.1. The average Bonchev–Trinajstić information content (AvgIpc) is 1.96. The molecule has 1 atom stereocenters. The Bertz CT molecular complexity index is 221. The summed E-state index contributed by atoms with van der Waals surface area (Å²) in [5, 5.41) is 0. The van der Waals surface area contributed by atoms with Gasteiger partial charge in [0.1, 0.15) is 0 Å². The fourth-order valence-electron chi connectivity index (χ4n) is 1.27. The van der Waals surface area contributed by atoms with Gasteiger partial charge in [-0.2, -0.15) is 0 Å². The van der Waals surface area contributed by atoms with Gasteiger partial charge in [0.25, 0.3) is 5.97 Å². The van der Waals surface area contributed by atoms with Gasteiger partial charge < -0.3 is 8.54 Å². The Hall–Kier alpha value is -0.136. The Kier molecular flexibility index (Phi) is 5.22. The molecule has 0 aliphatic carbocycles. The van der Waals surface area contributed by atoms with Crippen LogP contribution in [0.4, 0.5) is 0 Å². The van der Waals surface area contributed by atoms with Crippen LogP contribution in [0.3, 0.4) is 0 Å². The summed E-state index contributed by atoms with van der Waals surface area (Å²) in [6.07, 6.45) is 0.816. The van der Waals surface area contributed by atoms with Gasteiger partial charge >= 0.3 is 8.56 Å². The Labute approximate surface area is 95.5 Å². The van der Waals surface area contributed by atoms with Gasteiger partial charge in [-0.3, -0.25) is 4.79 Å². The quantitative estimate of drug-likeness (QED) is 0.701. The normalized spacial score (nSPS) is 14.9. The maximum absolute atomic E-state index is 11.6. The van der Waals surface area contributed by atoms with E-state index in [1.165, 1.54) is 0 Å². The van der Waals surface area contributed by atoms with Gasteiger partial charge in [-0.05, 0) is 39.2 Å². The highest BCUT2D eigenvalue weighted by atomic mass is 28.4. The second kappa shape index (κ2) is 5.27. The monoisotopic (exact) mass is 248 g/mol. The van der Waals surface area contributed by atoms with E-state index in [2.05, 4.69) is 19.6 Å². The molecule has 0 rings (SSSR count). The molecule has 0 aromatic rings. The molecule has 0 heterocycles. The van der Waals surface area contributed by atoms with E-state index in [1.54, 1.807) is 0 Å². The van der Waals surface area contributed by atoms with Crippen molar-refractivity contribution >= 4 is 22.8 Å². The van der Waals surface area contributed by atoms with Crippen LogP contribution in [0.15, 0.2) is 0 Å². The molecule has 0 aromatic heterocycles. The first-order valence-electron chi connectivity index (χ1n) is 5.50. The number of carbonyl (C=O) groups is 1. The molecular formula is C10H24O3Si2. The Morgan fingerprint density at radius 3 is 2.00 bits per heavy atom. The zero-order valence-electron chi connectivity index (χ0n) is 11.0. The highest BCUT2D eigenvalue weighted by molar-refractivity contribution is 6.81. The minimum atomic E-state index is -2.27. The first-order valence-corrected chi connectivity index (χ1v) is 11.7. The van der Waals surface area contributed by atoms with Crippen molar-refractivity contribution in [2.75, 3.05) is 0 Å². The summed E-state index contributed by atoms with van der Waals surface area (Å²) in [4.78, 5) is 11.6. The van der Waals surface area contributed by atoms with E-state index in [9.17, 15) is 4.79 Å². The number of hydrogen-bond acceptors (Lipinski definition) is 3. The molecule has 0 bridgehead atoms. The minimum Gasteiger partial charge on any atom is -0.495 e. The van der Waals surface area contributed by atoms with E-state index < -0.39 is 16.9 Å². The number of rotatable bonds is 5. The lowest BCUT2D eigenvalue weighted by Crippen LogP contribution is -2.46. The van der Waals surface area contributed by atoms with Gasteiger partial charge in [-0.15, -0.1) is 0 Å². The van der Waals surface area contributed by atoms with Crippen LogP contribution in [0.25, 0.3) is 0 Å². The van der Waals surface area contributed by atoms with Crippen molar-refractivity contribution in [1.82, 2.24) is 0 Å². The SMILES string of the molecule is CCC(C)C(=O)O[Si](C)(C)O[Si](C)(C)C. The summed E-state index contributed by atoms with van der Waals surface area (Å²) in [5.41, 5.74) is 0. The lowest BCUT2D eigenvalue weighted by Gasteiger charge is -2.31. The van der Waals surface area contributed by atoms with Crippen LogP contribution in [-0.2, 0) is 13.3 Å². The molecule has 0 amide bonds. The fraction of sp³-hybridized carbons (Fsp3) is 0.900. The van der Waals surface area contributed by atoms with Crippen molar-refractivity contribution in [3.63, 3.8) is 0 Å². The van der Waals surface area contributed by atoms with E-state index in [0.717, 1.165) is 6.42 Å². The fourth-order valence-corrected chi connectivity index (χ4v) is 8.02. The molecule has 5 heteroatoms. The van der Waals surface area contributed by atoms with Crippen LogP contribution in [-0.4, -0.2) is 22.8 Å². The summed E-state index contributed by atoms with van der Waals surface area (Å²) < 4.78 is 11.4. The van der Waals surface area contributed by atoms with Gasteiger partial charge in [0.2, 0.25) is 0 Å². The molecule has 0 aliphatic rings. The van der Waals surface area contributed by atoms with Crippen LogP contribution in [0.5, 0.6) is 0 Å². The van der Waals surface area contributed by atoms with Crippen molar-refractivity contribution in [2.45, 2.75) is 53.0 Å². The third kappa shape index (κ3) is 6.86. The van der Waals surface area contributed by atoms with Crippen molar-refractivity contribution in [2.24, 2.45) is 5.92 Å². The maximum atomic E-state index is 11.6. The molecule has 0 aromatic carbocycles. The molecule has 0 fully saturated rings. The smallest absolute Gasteiger partial charge is 0.385 e. The summed E-state index contributed by atoms with van der Waals surface area (Å²) in [5.74, 6) is -0.144. The second-order valence-corrected chi connectivity index (χ2v) is 13.4. The predicted octanol–water partition coefficient (Wildman–Crippen LogP) is 3.13. The summed E-state index contributed by atoms with van der Waals surface area (Å²) in [6, 6.07) is 0. The standard InChI is InChI=1S/C10H24O3Si2/c1-8-9(2)10(11)12-15(6,7)13-14(3,4)5/h9H,8H2,1-7H3. The third-order valence-corrected chi connectivity index (χ3v) is 7.02. The molecule has 0 radical (unpaired) electrons. The summed E-state index contributed by atoms with van der Waals surface area (Å²) in [6.45, 7) is 14.1. The van der Waals surface area contributed by atoms with E-state index in [-0.39, 0.29) is 11.9 Å². The van der Waals surface area contributed by atoms with E-state index >= 15 is 0 Å². The van der Waals surface area contributed by atoms with Crippen molar-refractivity contribution < 1.29 is 13.3 Å².